The molecule has 8 heteroatoms. The van der Waals surface area contributed by atoms with Crippen molar-refractivity contribution in [3.8, 4) is 5.82 Å². The Balaban J connectivity index is 2.53. The van der Waals surface area contributed by atoms with E-state index in [0.717, 1.165) is 3.57 Å². The molecule has 7 nitrogen and oxygen atoms in total. The monoisotopic (exact) mass is 359 g/mol. The van der Waals surface area contributed by atoms with Gasteiger partial charge >= 0.3 is 5.69 Å². The summed E-state index contributed by atoms with van der Waals surface area (Å²) >= 11 is 2.09. The van der Waals surface area contributed by atoms with E-state index in [1.807, 2.05) is 6.92 Å². The van der Waals surface area contributed by atoms with Crippen LogP contribution in [0, 0.1) is 13.7 Å². The molecule has 0 unspecified atom stereocenters. The SMILES string of the molecule is CCNc1ccc([N+](=O)[O-])c(-n2cc(I)cn2)n1. The second kappa shape index (κ2) is 5.29. The third-order valence-corrected chi connectivity index (χ3v) is 2.73. The number of nitrogens with one attached hydrogen (secondary N) is 1. The van der Waals surface area contributed by atoms with Crippen LogP contribution in [-0.2, 0) is 0 Å². The summed E-state index contributed by atoms with van der Waals surface area (Å²) in [5.41, 5.74) is -0.0730. The normalized spacial score (nSPS) is 10.3. The summed E-state index contributed by atoms with van der Waals surface area (Å²) in [6.45, 7) is 2.63. The lowest BCUT2D eigenvalue weighted by atomic mass is 10.3. The van der Waals surface area contributed by atoms with E-state index in [1.165, 1.54) is 10.7 Å². The van der Waals surface area contributed by atoms with Crippen molar-refractivity contribution in [3.05, 3.63) is 38.2 Å². The van der Waals surface area contributed by atoms with Crippen molar-refractivity contribution in [3.63, 3.8) is 0 Å². The molecule has 0 amide bonds. The predicted molar refractivity (Wildman–Crippen MR) is 74.9 cm³/mol. The minimum absolute atomic E-state index is 0.0730. The molecule has 0 bridgehead atoms. The molecule has 2 rings (SSSR count). The van der Waals surface area contributed by atoms with Crippen LogP contribution < -0.4 is 5.32 Å². The van der Waals surface area contributed by atoms with Crippen LogP contribution in [0.25, 0.3) is 5.82 Å². The zero-order valence-electron chi connectivity index (χ0n) is 9.50. The van der Waals surface area contributed by atoms with Crippen molar-refractivity contribution in [2.75, 3.05) is 11.9 Å². The van der Waals surface area contributed by atoms with Crippen molar-refractivity contribution in [1.82, 2.24) is 14.8 Å². The molecule has 0 saturated heterocycles. The first kappa shape index (κ1) is 12.7. The van der Waals surface area contributed by atoms with Gasteiger partial charge in [-0.15, -0.1) is 0 Å². The maximum absolute atomic E-state index is 11.0. The van der Waals surface area contributed by atoms with Gasteiger partial charge in [0.05, 0.1) is 14.7 Å². The third kappa shape index (κ3) is 2.58. The fraction of sp³-hybridized carbons (Fsp3) is 0.200. The summed E-state index contributed by atoms with van der Waals surface area (Å²) in [4.78, 5) is 14.7. The number of rotatable bonds is 4. The molecule has 0 aromatic carbocycles. The van der Waals surface area contributed by atoms with Gasteiger partial charge in [-0.2, -0.15) is 5.10 Å². The second-order valence-corrected chi connectivity index (χ2v) is 4.68. The van der Waals surface area contributed by atoms with E-state index in [0.29, 0.717) is 12.4 Å². The molecule has 2 heterocycles. The highest BCUT2D eigenvalue weighted by Crippen LogP contribution is 2.22. The van der Waals surface area contributed by atoms with Crippen molar-refractivity contribution >= 4 is 34.1 Å². The van der Waals surface area contributed by atoms with Crippen molar-refractivity contribution in [2.24, 2.45) is 0 Å². The van der Waals surface area contributed by atoms with Gasteiger partial charge < -0.3 is 5.32 Å². The number of hydrogen-bond donors (Lipinski definition) is 1. The van der Waals surface area contributed by atoms with Crippen LogP contribution in [0.3, 0.4) is 0 Å². The van der Waals surface area contributed by atoms with Gasteiger partial charge in [0.25, 0.3) is 0 Å². The molecule has 0 aliphatic heterocycles. The van der Waals surface area contributed by atoms with Gasteiger partial charge in [-0.1, -0.05) is 0 Å². The molecule has 18 heavy (non-hydrogen) atoms. The van der Waals surface area contributed by atoms with Gasteiger partial charge in [0.2, 0.25) is 5.82 Å². The smallest absolute Gasteiger partial charge is 0.313 e. The summed E-state index contributed by atoms with van der Waals surface area (Å²) < 4.78 is 2.29. The lowest BCUT2D eigenvalue weighted by Gasteiger charge is -2.06. The Labute approximate surface area is 117 Å². The average molecular weight is 359 g/mol. The topological polar surface area (TPSA) is 85.9 Å². The van der Waals surface area contributed by atoms with E-state index >= 15 is 0 Å². The van der Waals surface area contributed by atoms with E-state index in [2.05, 4.69) is 38.0 Å². The van der Waals surface area contributed by atoms with Gasteiger partial charge in [-0.05, 0) is 35.6 Å². The molecule has 0 aliphatic rings. The van der Waals surface area contributed by atoms with Crippen LogP contribution in [0.15, 0.2) is 24.5 Å². The zero-order valence-corrected chi connectivity index (χ0v) is 11.7. The quantitative estimate of drug-likeness (QED) is 0.514. The average Bonchev–Trinajstić information content (AvgIpc) is 2.76. The molecule has 0 fully saturated rings. The minimum Gasteiger partial charge on any atom is -0.370 e. The molecule has 0 atom stereocenters. The highest BCUT2D eigenvalue weighted by Gasteiger charge is 2.18. The van der Waals surface area contributed by atoms with Gasteiger partial charge in [-0.3, -0.25) is 10.1 Å². The third-order valence-electron chi connectivity index (χ3n) is 2.18. The van der Waals surface area contributed by atoms with Gasteiger partial charge in [-0.25, -0.2) is 9.67 Å². The molecular formula is C10H10IN5O2. The van der Waals surface area contributed by atoms with Crippen LogP contribution in [-0.4, -0.2) is 26.2 Å². The summed E-state index contributed by atoms with van der Waals surface area (Å²) in [5.74, 6) is 0.796. The molecule has 0 saturated carbocycles. The lowest BCUT2D eigenvalue weighted by Crippen LogP contribution is -2.07. The van der Waals surface area contributed by atoms with Gasteiger partial charge in [0.1, 0.15) is 5.82 Å². The largest absolute Gasteiger partial charge is 0.370 e. The number of nitro groups is 1. The molecule has 2 aromatic heterocycles. The van der Waals surface area contributed by atoms with E-state index in [9.17, 15) is 10.1 Å². The minimum atomic E-state index is -0.466. The van der Waals surface area contributed by atoms with Crippen LogP contribution in [0.5, 0.6) is 0 Å². The van der Waals surface area contributed by atoms with Crippen LogP contribution in [0.2, 0.25) is 0 Å². The summed E-state index contributed by atoms with van der Waals surface area (Å²) in [5, 5.41) is 18.0. The molecule has 94 valence electrons. The number of anilines is 1. The van der Waals surface area contributed by atoms with E-state index in [1.54, 1.807) is 18.5 Å². The second-order valence-electron chi connectivity index (χ2n) is 3.43. The summed E-state index contributed by atoms with van der Waals surface area (Å²) in [6, 6.07) is 3.01. The molecule has 0 aliphatic carbocycles. The van der Waals surface area contributed by atoms with Gasteiger partial charge in [0.15, 0.2) is 0 Å². The predicted octanol–water partition coefficient (Wildman–Crippen LogP) is 2.21. The molecule has 0 spiro atoms. The van der Waals surface area contributed by atoms with Crippen molar-refractivity contribution in [2.45, 2.75) is 6.92 Å². The first-order valence-corrected chi connectivity index (χ1v) is 6.29. The number of aromatic nitrogens is 3. The Morgan fingerprint density at radius 3 is 2.89 bits per heavy atom. The van der Waals surface area contributed by atoms with Crippen LogP contribution >= 0.6 is 22.6 Å². The number of hydrogen-bond acceptors (Lipinski definition) is 5. The van der Waals surface area contributed by atoms with Crippen LogP contribution in [0.4, 0.5) is 11.5 Å². The van der Waals surface area contributed by atoms with Crippen molar-refractivity contribution in [1.29, 1.82) is 0 Å². The van der Waals surface area contributed by atoms with E-state index < -0.39 is 4.92 Å². The summed E-state index contributed by atoms with van der Waals surface area (Å²) in [6.07, 6.45) is 3.30. The Hall–Kier alpha value is -1.71. The first-order chi connectivity index (χ1) is 8.61. The maximum atomic E-state index is 11.0. The fourth-order valence-electron chi connectivity index (χ4n) is 1.45. The van der Waals surface area contributed by atoms with Crippen LogP contribution in [0.1, 0.15) is 6.92 Å². The zero-order chi connectivity index (χ0) is 13.1. The Bertz CT molecular complexity index is 583. The molecular weight excluding hydrogens is 349 g/mol. The summed E-state index contributed by atoms with van der Waals surface area (Å²) in [7, 11) is 0. The molecule has 0 radical (unpaired) electrons. The number of nitrogens with zero attached hydrogens (tertiary/aromatic N) is 4. The van der Waals surface area contributed by atoms with E-state index in [4.69, 9.17) is 0 Å². The maximum Gasteiger partial charge on any atom is 0.313 e. The Kier molecular flexibility index (Phi) is 3.75. The molecule has 1 N–H and O–H groups in total. The molecule has 2 aromatic rings. The number of pyridine rings is 1. The lowest BCUT2D eigenvalue weighted by molar-refractivity contribution is -0.384. The highest BCUT2D eigenvalue weighted by atomic mass is 127. The van der Waals surface area contributed by atoms with E-state index in [-0.39, 0.29) is 11.5 Å². The van der Waals surface area contributed by atoms with Crippen molar-refractivity contribution < 1.29 is 4.92 Å². The standard InChI is InChI=1S/C10H10IN5O2/c1-2-12-9-4-3-8(16(17)18)10(14-9)15-6-7(11)5-13-15/h3-6H,2H2,1H3,(H,12,14). The Morgan fingerprint density at radius 1 is 1.56 bits per heavy atom. The fourth-order valence-corrected chi connectivity index (χ4v) is 1.84. The van der Waals surface area contributed by atoms with Gasteiger partial charge in [0, 0.05) is 18.8 Å². The Morgan fingerprint density at radius 2 is 2.33 bits per heavy atom. The number of halogens is 1. The first-order valence-electron chi connectivity index (χ1n) is 5.21. The highest BCUT2D eigenvalue weighted by molar-refractivity contribution is 14.1.